The minimum absolute atomic E-state index is 0.128. The molecule has 1 aliphatic rings. The van der Waals surface area contributed by atoms with E-state index in [1.165, 1.54) is 0 Å². The zero-order chi connectivity index (χ0) is 21.3. The van der Waals surface area contributed by atoms with Crippen molar-refractivity contribution in [3.8, 4) is 0 Å². The molecule has 0 saturated heterocycles. The summed E-state index contributed by atoms with van der Waals surface area (Å²) in [5, 5.41) is 6.72. The van der Waals surface area contributed by atoms with Gasteiger partial charge in [0, 0.05) is 28.5 Å². The van der Waals surface area contributed by atoms with Crippen LogP contribution < -0.4 is 10.6 Å². The lowest BCUT2D eigenvalue weighted by molar-refractivity contribution is 0.0980. The Bertz CT molecular complexity index is 1150. The minimum atomic E-state index is -0.141. The van der Waals surface area contributed by atoms with E-state index in [4.69, 9.17) is 0 Å². The number of anilines is 3. The van der Waals surface area contributed by atoms with E-state index in [9.17, 15) is 9.59 Å². The van der Waals surface area contributed by atoms with Crippen molar-refractivity contribution < 1.29 is 9.59 Å². The van der Waals surface area contributed by atoms with Gasteiger partial charge < -0.3 is 10.6 Å². The molecule has 2 N–H and O–H groups in total. The molecular weight excluding hydrogens is 372 g/mol. The highest BCUT2D eigenvalue weighted by atomic mass is 16.1. The van der Waals surface area contributed by atoms with Crippen molar-refractivity contribution in [2.75, 3.05) is 10.6 Å². The molecule has 150 valence electrons. The van der Waals surface area contributed by atoms with Gasteiger partial charge in [-0.2, -0.15) is 0 Å². The third-order valence-electron chi connectivity index (χ3n) is 5.52. The molecular formula is C26H24N2O2. The van der Waals surface area contributed by atoms with Crippen LogP contribution in [0.15, 0.2) is 67.2 Å². The summed E-state index contributed by atoms with van der Waals surface area (Å²) < 4.78 is 0. The number of ketones is 2. The average molecular weight is 396 g/mol. The Labute approximate surface area is 176 Å². The summed E-state index contributed by atoms with van der Waals surface area (Å²) >= 11 is 0. The Morgan fingerprint density at radius 3 is 2.00 bits per heavy atom. The number of rotatable bonds is 6. The van der Waals surface area contributed by atoms with E-state index in [-0.39, 0.29) is 17.6 Å². The highest BCUT2D eigenvalue weighted by Gasteiger charge is 2.34. The first-order valence-corrected chi connectivity index (χ1v) is 10.1. The number of carbonyl (C=O) groups is 2. The largest absolute Gasteiger partial charge is 0.382 e. The molecule has 0 radical (unpaired) electrons. The van der Waals surface area contributed by atoms with Crippen LogP contribution in [0.2, 0.25) is 0 Å². The zero-order valence-electron chi connectivity index (χ0n) is 17.2. The molecule has 0 saturated carbocycles. The van der Waals surface area contributed by atoms with Gasteiger partial charge in [0.25, 0.3) is 0 Å². The molecule has 0 amide bonds. The lowest BCUT2D eigenvalue weighted by atomic mass is 9.82. The van der Waals surface area contributed by atoms with E-state index in [0.29, 0.717) is 33.6 Å². The molecule has 0 aliphatic heterocycles. The number of carbonyl (C=O) groups excluding carboxylic acids is 2. The van der Waals surface area contributed by atoms with Crippen LogP contribution in [-0.2, 0) is 0 Å². The maximum absolute atomic E-state index is 13.4. The summed E-state index contributed by atoms with van der Waals surface area (Å²) in [6, 6.07) is 18.7. The Morgan fingerprint density at radius 1 is 0.867 bits per heavy atom. The molecule has 3 aromatic carbocycles. The predicted molar refractivity (Wildman–Crippen MR) is 123 cm³/mol. The maximum Gasteiger partial charge on any atom is 0.196 e. The van der Waals surface area contributed by atoms with Gasteiger partial charge in [0.15, 0.2) is 11.6 Å². The van der Waals surface area contributed by atoms with E-state index in [1.807, 2.05) is 36.4 Å². The highest BCUT2D eigenvalue weighted by molar-refractivity contribution is 6.32. The zero-order valence-corrected chi connectivity index (χ0v) is 17.2. The third kappa shape index (κ3) is 3.41. The standard InChI is InChI=1S/C26H24N2O2/c1-4-16(3)27-21-14-15-22(28-18-12-10-17(5-2)11-13-18)24-23(21)25(29)19-8-6-7-9-20(19)26(24)30/h5-16,27-28H,2,4H2,1,3H3. The number of fused-ring (bicyclic) bond motifs is 2. The van der Waals surface area contributed by atoms with Crippen LogP contribution in [0.1, 0.15) is 57.7 Å². The van der Waals surface area contributed by atoms with Crippen molar-refractivity contribution in [3.05, 3.63) is 95.1 Å². The van der Waals surface area contributed by atoms with Gasteiger partial charge in [-0.05, 0) is 43.2 Å². The van der Waals surface area contributed by atoms with E-state index >= 15 is 0 Å². The summed E-state index contributed by atoms with van der Waals surface area (Å²) in [5.74, 6) is -0.269. The molecule has 3 aromatic rings. The van der Waals surface area contributed by atoms with Crippen molar-refractivity contribution in [2.45, 2.75) is 26.3 Å². The fourth-order valence-electron chi connectivity index (χ4n) is 3.67. The first-order chi connectivity index (χ1) is 14.5. The van der Waals surface area contributed by atoms with Gasteiger partial charge in [-0.25, -0.2) is 0 Å². The summed E-state index contributed by atoms with van der Waals surface area (Å²) in [5.41, 5.74) is 4.92. The van der Waals surface area contributed by atoms with E-state index in [2.05, 4.69) is 31.1 Å². The Kier molecular flexibility index (Phi) is 5.23. The second kappa shape index (κ2) is 7.99. The average Bonchev–Trinajstić information content (AvgIpc) is 2.78. The number of nitrogens with one attached hydrogen (secondary N) is 2. The smallest absolute Gasteiger partial charge is 0.196 e. The highest BCUT2D eigenvalue weighted by Crippen LogP contribution is 2.38. The van der Waals surface area contributed by atoms with Crippen LogP contribution in [0.5, 0.6) is 0 Å². The minimum Gasteiger partial charge on any atom is -0.382 e. The molecule has 0 spiro atoms. The maximum atomic E-state index is 13.4. The van der Waals surface area contributed by atoms with Crippen LogP contribution in [0.4, 0.5) is 17.1 Å². The fourth-order valence-corrected chi connectivity index (χ4v) is 3.67. The van der Waals surface area contributed by atoms with Gasteiger partial charge in [-0.15, -0.1) is 0 Å². The van der Waals surface area contributed by atoms with Crippen molar-refractivity contribution in [1.82, 2.24) is 0 Å². The van der Waals surface area contributed by atoms with Gasteiger partial charge in [0.05, 0.1) is 16.8 Å². The Balaban J connectivity index is 1.85. The van der Waals surface area contributed by atoms with Crippen LogP contribution in [-0.4, -0.2) is 17.6 Å². The van der Waals surface area contributed by atoms with E-state index in [0.717, 1.165) is 17.7 Å². The van der Waals surface area contributed by atoms with Gasteiger partial charge >= 0.3 is 0 Å². The molecule has 4 rings (SSSR count). The number of hydrogen-bond acceptors (Lipinski definition) is 4. The van der Waals surface area contributed by atoms with Gasteiger partial charge in [0.2, 0.25) is 0 Å². The predicted octanol–water partition coefficient (Wildman–Crippen LogP) is 6.06. The lowest BCUT2D eigenvalue weighted by Gasteiger charge is -2.25. The van der Waals surface area contributed by atoms with Crippen LogP contribution in [0, 0.1) is 0 Å². The Hall–Kier alpha value is -3.66. The fraction of sp³-hybridized carbons (Fsp3) is 0.154. The molecule has 0 heterocycles. The summed E-state index contributed by atoms with van der Waals surface area (Å²) in [4.78, 5) is 26.8. The normalized spacial score (nSPS) is 13.3. The Morgan fingerprint density at radius 2 is 1.43 bits per heavy atom. The molecule has 1 aliphatic carbocycles. The molecule has 1 atom stereocenters. The van der Waals surface area contributed by atoms with E-state index in [1.54, 1.807) is 30.3 Å². The molecule has 1 unspecified atom stereocenters. The molecule has 4 nitrogen and oxygen atoms in total. The third-order valence-corrected chi connectivity index (χ3v) is 5.52. The SMILES string of the molecule is C=Cc1ccc(Nc2ccc(NC(C)CC)c3c2C(=O)c2ccccc2C3=O)cc1. The van der Waals surface area contributed by atoms with Crippen LogP contribution in [0.3, 0.4) is 0 Å². The first kappa shape index (κ1) is 19.6. The number of hydrogen-bond donors (Lipinski definition) is 2. The molecule has 30 heavy (non-hydrogen) atoms. The van der Waals surface area contributed by atoms with Crippen molar-refractivity contribution in [3.63, 3.8) is 0 Å². The molecule has 0 fully saturated rings. The van der Waals surface area contributed by atoms with E-state index < -0.39 is 0 Å². The second-order valence-corrected chi connectivity index (χ2v) is 7.52. The van der Waals surface area contributed by atoms with Gasteiger partial charge in [0.1, 0.15) is 0 Å². The van der Waals surface area contributed by atoms with Crippen molar-refractivity contribution in [1.29, 1.82) is 0 Å². The molecule has 0 aromatic heterocycles. The monoisotopic (exact) mass is 396 g/mol. The summed E-state index contributed by atoms with van der Waals surface area (Å²) in [6.45, 7) is 7.91. The van der Waals surface area contributed by atoms with Gasteiger partial charge in [-0.3, -0.25) is 9.59 Å². The first-order valence-electron chi connectivity index (χ1n) is 10.1. The second-order valence-electron chi connectivity index (χ2n) is 7.52. The number of benzene rings is 3. The van der Waals surface area contributed by atoms with Crippen LogP contribution >= 0.6 is 0 Å². The molecule has 4 heteroatoms. The van der Waals surface area contributed by atoms with Crippen LogP contribution in [0.25, 0.3) is 6.08 Å². The topological polar surface area (TPSA) is 58.2 Å². The van der Waals surface area contributed by atoms with Gasteiger partial charge in [-0.1, -0.05) is 56.0 Å². The van der Waals surface area contributed by atoms with Crippen molar-refractivity contribution in [2.24, 2.45) is 0 Å². The molecule has 0 bridgehead atoms. The quantitative estimate of drug-likeness (QED) is 0.416. The van der Waals surface area contributed by atoms with Crippen molar-refractivity contribution >= 4 is 34.7 Å². The summed E-state index contributed by atoms with van der Waals surface area (Å²) in [6.07, 6.45) is 2.68. The lowest BCUT2D eigenvalue weighted by Crippen LogP contribution is -2.25. The summed E-state index contributed by atoms with van der Waals surface area (Å²) in [7, 11) is 0.